The summed E-state index contributed by atoms with van der Waals surface area (Å²) in [4.78, 5) is 29.4. The van der Waals surface area contributed by atoms with Gasteiger partial charge in [-0.15, -0.1) is 0 Å². The van der Waals surface area contributed by atoms with E-state index in [-0.39, 0.29) is 33.3 Å². The number of nitrogens with one attached hydrogen (secondary N) is 1. The van der Waals surface area contributed by atoms with Gasteiger partial charge in [-0.25, -0.2) is 18.5 Å². The molecule has 10 heteroatoms. The molecule has 2 amide bonds. The van der Waals surface area contributed by atoms with Gasteiger partial charge in [-0.1, -0.05) is 47.7 Å². The molecule has 0 fully saturated rings. The molecule has 3 rings (SSSR count). The first-order chi connectivity index (χ1) is 14.5. The van der Waals surface area contributed by atoms with Gasteiger partial charge in [0.2, 0.25) is 21.8 Å². The number of amides is 2. The van der Waals surface area contributed by atoms with E-state index in [1.54, 1.807) is 7.05 Å². The standard InChI is InChI=1S/C21H22N4O4S2/c1-13-20(31(22,28)29)30-21(23-13)25(3)19(27)11-15-7-9-16(10-8-15)17-5-4-6-18(12-17)24-14(2)26/h4-10,12H,11H2,1-3H3,(H,24,26)(H2,22,28,29). The number of sulfonamides is 1. The van der Waals surface area contributed by atoms with E-state index in [4.69, 9.17) is 5.14 Å². The third kappa shape index (κ3) is 5.54. The van der Waals surface area contributed by atoms with Crippen molar-refractivity contribution in [3.8, 4) is 11.1 Å². The number of primary sulfonamides is 1. The molecule has 0 aliphatic rings. The summed E-state index contributed by atoms with van der Waals surface area (Å²) in [5, 5.41) is 8.22. The van der Waals surface area contributed by atoms with Crippen LogP contribution >= 0.6 is 11.3 Å². The van der Waals surface area contributed by atoms with E-state index in [2.05, 4.69) is 10.3 Å². The van der Waals surface area contributed by atoms with E-state index in [0.29, 0.717) is 5.69 Å². The van der Waals surface area contributed by atoms with Crippen LogP contribution in [-0.2, 0) is 26.0 Å². The molecule has 2 aromatic carbocycles. The predicted molar refractivity (Wildman–Crippen MR) is 122 cm³/mol. The highest BCUT2D eigenvalue weighted by Crippen LogP contribution is 2.29. The monoisotopic (exact) mass is 458 g/mol. The Morgan fingerprint density at radius 2 is 1.81 bits per heavy atom. The molecule has 3 aromatic rings. The van der Waals surface area contributed by atoms with Gasteiger partial charge in [-0.2, -0.15) is 0 Å². The molecule has 0 unspecified atom stereocenters. The molecule has 1 heterocycles. The van der Waals surface area contributed by atoms with Crippen LogP contribution in [0.2, 0.25) is 0 Å². The summed E-state index contributed by atoms with van der Waals surface area (Å²) < 4.78 is 23.1. The molecule has 1 aromatic heterocycles. The Labute approximate surface area is 184 Å². The Hall–Kier alpha value is -3.08. The normalized spacial score (nSPS) is 11.2. The first-order valence-electron chi connectivity index (χ1n) is 9.28. The Morgan fingerprint density at radius 3 is 2.39 bits per heavy atom. The largest absolute Gasteiger partial charge is 0.326 e. The maximum atomic E-state index is 12.7. The number of carbonyl (C=O) groups excluding carboxylic acids is 2. The lowest BCUT2D eigenvalue weighted by Crippen LogP contribution is -2.27. The molecule has 3 N–H and O–H groups in total. The third-order valence-electron chi connectivity index (χ3n) is 4.49. The number of likely N-dealkylation sites (N-methyl/N-ethyl adjacent to an activating group) is 1. The van der Waals surface area contributed by atoms with Gasteiger partial charge in [0.25, 0.3) is 0 Å². The number of thiazole rings is 1. The Morgan fingerprint density at radius 1 is 1.13 bits per heavy atom. The number of nitrogens with two attached hydrogens (primary N) is 1. The molecule has 0 atom stereocenters. The number of aromatic nitrogens is 1. The Bertz CT molecular complexity index is 1230. The average Bonchev–Trinajstić information content (AvgIpc) is 3.10. The number of hydrogen-bond acceptors (Lipinski definition) is 6. The van der Waals surface area contributed by atoms with Crippen molar-refractivity contribution in [2.75, 3.05) is 17.3 Å². The second kappa shape index (κ2) is 8.96. The molecule has 0 aliphatic heterocycles. The van der Waals surface area contributed by atoms with Crippen LogP contribution in [0.1, 0.15) is 18.2 Å². The van der Waals surface area contributed by atoms with Gasteiger partial charge >= 0.3 is 0 Å². The van der Waals surface area contributed by atoms with E-state index in [1.165, 1.54) is 18.7 Å². The van der Waals surface area contributed by atoms with E-state index in [1.807, 2.05) is 48.5 Å². The zero-order chi connectivity index (χ0) is 22.8. The molecule has 31 heavy (non-hydrogen) atoms. The lowest BCUT2D eigenvalue weighted by Gasteiger charge is -2.14. The minimum absolute atomic E-state index is 0.0482. The maximum Gasteiger partial charge on any atom is 0.249 e. The first kappa shape index (κ1) is 22.6. The number of carbonyl (C=O) groups is 2. The van der Waals surface area contributed by atoms with Crippen molar-refractivity contribution in [1.29, 1.82) is 0 Å². The van der Waals surface area contributed by atoms with E-state index < -0.39 is 10.0 Å². The molecule has 0 bridgehead atoms. The summed E-state index contributed by atoms with van der Waals surface area (Å²) in [6.45, 7) is 3.00. The van der Waals surface area contributed by atoms with Crippen molar-refractivity contribution in [3.05, 3.63) is 59.8 Å². The molecule has 0 spiro atoms. The van der Waals surface area contributed by atoms with Crippen LogP contribution in [-0.4, -0.2) is 32.3 Å². The maximum absolute atomic E-state index is 12.7. The van der Waals surface area contributed by atoms with Crippen LogP contribution in [0.3, 0.4) is 0 Å². The zero-order valence-electron chi connectivity index (χ0n) is 17.2. The molecule has 0 saturated heterocycles. The van der Waals surface area contributed by atoms with Gasteiger partial charge in [0.1, 0.15) is 0 Å². The Kier molecular flexibility index (Phi) is 6.54. The summed E-state index contributed by atoms with van der Waals surface area (Å²) in [7, 11) is -2.33. The van der Waals surface area contributed by atoms with Crippen LogP contribution in [0.4, 0.5) is 10.8 Å². The van der Waals surface area contributed by atoms with Crippen molar-refractivity contribution < 1.29 is 18.0 Å². The Balaban J connectivity index is 1.72. The highest BCUT2D eigenvalue weighted by molar-refractivity contribution is 7.91. The number of anilines is 2. The topological polar surface area (TPSA) is 122 Å². The summed E-state index contributed by atoms with van der Waals surface area (Å²) in [6, 6.07) is 15.0. The summed E-state index contributed by atoms with van der Waals surface area (Å²) in [6.07, 6.45) is 0.131. The van der Waals surface area contributed by atoms with Gasteiger partial charge in [-0.3, -0.25) is 14.5 Å². The third-order valence-corrected chi connectivity index (χ3v) is 7.28. The van der Waals surface area contributed by atoms with Crippen molar-refractivity contribution in [2.45, 2.75) is 24.5 Å². The molecule has 0 aliphatic carbocycles. The highest BCUT2D eigenvalue weighted by atomic mass is 32.2. The van der Waals surface area contributed by atoms with Gasteiger partial charge in [0, 0.05) is 19.7 Å². The minimum atomic E-state index is -3.88. The summed E-state index contributed by atoms with van der Waals surface area (Å²) in [5.41, 5.74) is 3.68. The van der Waals surface area contributed by atoms with Gasteiger partial charge in [0.05, 0.1) is 12.1 Å². The zero-order valence-corrected chi connectivity index (χ0v) is 18.9. The van der Waals surface area contributed by atoms with E-state index in [0.717, 1.165) is 28.0 Å². The van der Waals surface area contributed by atoms with Crippen molar-refractivity contribution in [1.82, 2.24) is 4.98 Å². The van der Waals surface area contributed by atoms with Gasteiger partial charge in [0.15, 0.2) is 9.34 Å². The quantitative estimate of drug-likeness (QED) is 0.588. The lowest BCUT2D eigenvalue weighted by molar-refractivity contribution is -0.117. The molecule has 8 nitrogen and oxygen atoms in total. The second-order valence-corrected chi connectivity index (χ2v) is 9.74. The average molecular weight is 459 g/mol. The fraction of sp³-hybridized carbons (Fsp3) is 0.190. The first-order valence-corrected chi connectivity index (χ1v) is 11.6. The minimum Gasteiger partial charge on any atom is -0.326 e. The van der Waals surface area contributed by atoms with Crippen molar-refractivity contribution >= 4 is 44.0 Å². The molecule has 0 saturated carbocycles. The number of hydrogen-bond donors (Lipinski definition) is 2. The van der Waals surface area contributed by atoms with Crippen LogP contribution in [0.5, 0.6) is 0 Å². The highest BCUT2D eigenvalue weighted by Gasteiger charge is 2.22. The summed E-state index contributed by atoms with van der Waals surface area (Å²) in [5.74, 6) is -0.364. The van der Waals surface area contributed by atoms with Crippen LogP contribution in [0.15, 0.2) is 52.7 Å². The SMILES string of the molecule is CC(=O)Nc1cccc(-c2ccc(CC(=O)N(C)c3nc(C)c(S(N)(=O)=O)s3)cc2)c1. The lowest BCUT2D eigenvalue weighted by atomic mass is 10.0. The van der Waals surface area contributed by atoms with Gasteiger partial charge in [-0.05, 0) is 35.7 Å². The van der Waals surface area contributed by atoms with Crippen molar-refractivity contribution in [3.63, 3.8) is 0 Å². The molecular formula is C21H22N4O4S2. The molecule has 162 valence electrons. The molecule has 0 radical (unpaired) electrons. The van der Waals surface area contributed by atoms with Crippen LogP contribution in [0, 0.1) is 6.92 Å². The number of benzene rings is 2. The number of nitrogens with zero attached hydrogens (tertiary/aromatic N) is 2. The fourth-order valence-electron chi connectivity index (χ4n) is 2.97. The molecular weight excluding hydrogens is 436 g/mol. The predicted octanol–water partition coefficient (Wildman–Crippen LogP) is 2.93. The number of rotatable bonds is 6. The van der Waals surface area contributed by atoms with Crippen molar-refractivity contribution in [2.24, 2.45) is 5.14 Å². The van der Waals surface area contributed by atoms with E-state index >= 15 is 0 Å². The van der Waals surface area contributed by atoms with Gasteiger partial charge < -0.3 is 5.32 Å². The van der Waals surface area contributed by atoms with Crippen LogP contribution in [0.25, 0.3) is 11.1 Å². The smallest absolute Gasteiger partial charge is 0.249 e. The summed E-state index contributed by atoms with van der Waals surface area (Å²) >= 11 is 0.870. The second-order valence-electron chi connectivity index (χ2n) is 7.00. The van der Waals surface area contributed by atoms with E-state index in [9.17, 15) is 18.0 Å². The van der Waals surface area contributed by atoms with Crippen LogP contribution < -0.4 is 15.4 Å². The number of aryl methyl sites for hydroxylation is 1. The fourth-order valence-corrected chi connectivity index (χ4v) is 4.90.